The van der Waals surface area contributed by atoms with Gasteiger partial charge in [0.2, 0.25) is 0 Å². The lowest BCUT2D eigenvalue weighted by Gasteiger charge is -2.09. The van der Waals surface area contributed by atoms with Crippen LogP contribution in [0.1, 0.15) is 11.1 Å². The molecule has 1 N–H and O–H groups in total. The van der Waals surface area contributed by atoms with Crippen molar-refractivity contribution in [1.82, 2.24) is 3.97 Å². The third-order valence-corrected chi connectivity index (χ3v) is 5.38. The SMILES string of the molecule is Cc1ccc(S(=O)(=O)n2ccc3cccc(/C=C/C(=O)O)c32)cc1. The highest BCUT2D eigenvalue weighted by Crippen LogP contribution is 2.26. The second-order valence-corrected chi connectivity index (χ2v) is 7.20. The van der Waals surface area contributed by atoms with E-state index in [-0.39, 0.29) is 4.90 Å². The fourth-order valence-corrected chi connectivity index (χ4v) is 3.89. The molecular formula is C18H15NO4S. The summed E-state index contributed by atoms with van der Waals surface area (Å²) in [5.74, 6) is -1.09. The molecule has 0 radical (unpaired) electrons. The second-order valence-electron chi connectivity index (χ2n) is 5.39. The molecule has 3 aromatic rings. The molecule has 5 nitrogen and oxygen atoms in total. The molecule has 1 heterocycles. The molecule has 2 aromatic carbocycles. The van der Waals surface area contributed by atoms with Gasteiger partial charge in [0.1, 0.15) is 0 Å². The molecule has 0 aliphatic rings. The molecule has 0 aliphatic carbocycles. The van der Waals surface area contributed by atoms with E-state index in [1.54, 1.807) is 48.5 Å². The number of hydrogen-bond donors (Lipinski definition) is 1. The summed E-state index contributed by atoms with van der Waals surface area (Å²) in [5.41, 5.74) is 1.95. The molecule has 0 bridgehead atoms. The molecule has 0 fully saturated rings. The molecular weight excluding hydrogens is 326 g/mol. The number of fused-ring (bicyclic) bond motifs is 1. The van der Waals surface area contributed by atoms with Crippen LogP contribution in [0.4, 0.5) is 0 Å². The standard InChI is InChI=1S/C18H15NO4S/c1-13-5-8-16(9-6-13)24(22,23)19-12-11-15-4-2-3-14(18(15)19)7-10-17(20)21/h2-12H,1H3,(H,20,21)/b10-7+. The van der Waals surface area contributed by atoms with Crippen LogP contribution in [0.25, 0.3) is 17.0 Å². The third-order valence-electron chi connectivity index (χ3n) is 3.69. The van der Waals surface area contributed by atoms with Crippen LogP contribution in [0.3, 0.4) is 0 Å². The highest BCUT2D eigenvalue weighted by molar-refractivity contribution is 7.90. The Morgan fingerprint density at radius 1 is 1.08 bits per heavy atom. The van der Waals surface area contributed by atoms with Crippen molar-refractivity contribution in [3.63, 3.8) is 0 Å². The van der Waals surface area contributed by atoms with Crippen LogP contribution in [0.5, 0.6) is 0 Å². The minimum atomic E-state index is -3.76. The van der Waals surface area contributed by atoms with E-state index < -0.39 is 16.0 Å². The van der Waals surface area contributed by atoms with Gasteiger partial charge in [-0.3, -0.25) is 0 Å². The van der Waals surface area contributed by atoms with E-state index in [1.165, 1.54) is 16.2 Å². The number of rotatable bonds is 4. The van der Waals surface area contributed by atoms with Crippen molar-refractivity contribution < 1.29 is 18.3 Å². The molecule has 3 rings (SSSR count). The van der Waals surface area contributed by atoms with Crippen molar-refractivity contribution in [2.24, 2.45) is 0 Å². The van der Waals surface area contributed by atoms with Gasteiger partial charge in [-0.1, -0.05) is 35.9 Å². The molecule has 0 atom stereocenters. The number of carboxylic acids is 1. The largest absolute Gasteiger partial charge is 0.478 e. The van der Waals surface area contributed by atoms with Crippen molar-refractivity contribution >= 4 is 33.0 Å². The molecule has 0 saturated carbocycles. The maximum atomic E-state index is 12.9. The van der Waals surface area contributed by atoms with Gasteiger partial charge in [0.05, 0.1) is 10.4 Å². The Labute approximate surface area is 139 Å². The molecule has 0 spiro atoms. The average Bonchev–Trinajstić information content (AvgIpc) is 2.98. The predicted octanol–water partition coefficient (Wildman–Crippen LogP) is 3.28. The summed E-state index contributed by atoms with van der Waals surface area (Å²) in [6.07, 6.45) is 3.87. The number of para-hydroxylation sites is 1. The lowest BCUT2D eigenvalue weighted by atomic mass is 10.1. The van der Waals surface area contributed by atoms with Gasteiger partial charge in [-0.2, -0.15) is 0 Å². The second kappa shape index (κ2) is 5.98. The van der Waals surface area contributed by atoms with Crippen molar-refractivity contribution in [2.75, 3.05) is 0 Å². The zero-order valence-corrected chi connectivity index (χ0v) is 13.7. The average molecular weight is 341 g/mol. The van der Waals surface area contributed by atoms with Gasteiger partial charge in [-0.25, -0.2) is 17.2 Å². The van der Waals surface area contributed by atoms with Crippen LogP contribution in [-0.2, 0) is 14.8 Å². The van der Waals surface area contributed by atoms with Gasteiger partial charge in [-0.15, -0.1) is 0 Å². The third kappa shape index (κ3) is 2.83. The summed E-state index contributed by atoms with van der Waals surface area (Å²) >= 11 is 0. The van der Waals surface area contributed by atoms with Crippen molar-refractivity contribution in [3.05, 3.63) is 71.9 Å². The van der Waals surface area contributed by atoms with E-state index in [9.17, 15) is 13.2 Å². The van der Waals surface area contributed by atoms with Gasteiger partial charge in [0.25, 0.3) is 10.0 Å². The summed E-state index contributed by atoms with van der Waals surface area (Å²) in [5, 5.41) is 9.54. The van der Waals surface area contributed by atoms with E-state index in [0.29, 0.717) is 11.1 Å². The summed E-state index contributed by atoms with van der Waals surface area (Å²) in [6, 6.07) is 13.5. The van der Waals surface area contributed by atoms with E-state index in [1.807, 2.05) is 6.92 Å². The Hall–Kier alpha value is -2.86. The molecule has 0 aliphatic heterocycles. The number of aromatic nitrogens is 1. The van der Waals surface area contributed by atoms with Crippen LogP contribution >= 0.6 is 0 Å². The summed E-state index contributed by atoms with van der Waals surface area (Å²) in [4.78, 5) is 11.0. The molecule has 0 saturated heterocycles. The first-order valence-electron chi connectivity index (χ1n) is 7.23. The topological polar surface area (TPSA) is 76.4 Å². The van der Waals surface area contributed by atoms with E-state index in [4.69, 9.17) is 5.11 Å². The lowest BCUT2D eigenvalue weighted by Crippen LogP contribution is -2.12. The quantitative estimate of drug-likeness (QED) is 0.739. The molecule has 1 aromatic heterocycles. The Balaban J connectivity index is 2.23. The number of aryl methyl sites for hydroxylation is 1. The first kappa shape index (κ1) is 16.0. The van der Waals surface area contributed by atoms with Crippen molar-refractivity contribution in [2.45, 2.75) is 11.8 Å². The smallest absolute Gasteiger partial charge is 0.328 e. The van der Waals surface area contributed by atoms with E-state index in [0.717, 1.165) is 17.0 Å². The van der Waals surface area contributed by atoms with Crippen LogP contribution in [0.15, 0.2) is 65.7 Å². The van der Waals surface area contributed by atoms with Gasteiger partial charge in [0.15, 0.2) is 0 Å². The first-order valence-corrected chi connectivity index (χ1v) is 8.67. The summed E-state index contributed by atoms with van der Waals surface area (Å²) in [7, 11) is -3.76. The Morgan fingerprint density at radius 3 is 2.46 bits per heavy atom. The van der Waals surface area contributed by atoms with E-state index >= 15 is 0 Å². The normalized spacial score (nSPS) is 12.0. The minimum Gasteiger partial charge on any atom is -0.478 e. The van der Waals surface area contributed by atoms with Gasteiger partial charge in [-0.05, 0) is 31.2 Å². The molecule has 24 heavy (non-hydrogen) atoms. The summed E-state index contributed by atoms with van der Waals surface area (Å²) in [6.45, 7) is 1.89. The van der Waals surface area contributed by atoms with Crippen LogP contribution in [-0.4, -0.2) is 23.5 Å². The molecule has 122 valence electrons. The highest BCUT2D eigenvalue weighted by Gasteiger charge is 2.19. The maximum Gasteiger partial charge on any atom is 0.328 e. The molecule has 0 unspecified atom stereocenters. The fraction of sp³-hybridized carbons (Fsp3) is 0.0556. The van der Waals surface area contributed by atoms with Crippen LogP contribution < -0.4 is 0 Å². The van der Waals surface area contributed by atoms with Gasteiger partial charge >= 0.3 is 5.97 Å². The number of carboxylic acid groups (broad SMARTS) is 1. The minimum absolute atomic E-state index is 0.183. The maximum absolute atomic E-state index is 12.9. The first-order chi connectivity index (χ1) is 11.4. The number of nitrogens with zero attached hydrogens (tertiary/aromatic N) is 1. The monoisotopic (exact) mass is 341 g/mol. The van der Waals surface area contributed by atoms with E-state index in [2.05, 4.69) is 0 Å². The summed E-state index contributed by atoms with van der Waals surface area (Å²) < 4.78 is 27.1. The zero-order valence-electron chi connectivity index (χ0n) is 12.9. The fourth-order valence-electron chi connectivity index (χ4n) is 2.51. The molecule has 0 amide bonds. The Morgan fingerprint density at radius 2 is 1.79 bits per heavy atom. The van der Waals surface area contributed by atoms with Crippen molar-refractivity contribution in [1.29, 1.82) is 0 Å². The predicted molar refractivity (Wildman–Crippen MR) is 92.4 cm³/mol. The van der Waals surface area contributed by atoms with Crippen LogP contribution in [0, 0.1) is 6.92 Å². The number of aliphatic carboxylic acids is 1. The van der Waals surface area contributed by atoms with Gasteiger partial charge in [0, 0.05) is 23.2 Å². The Kier molecular flexibility index (Phi) is 3.99. The van der Waals surface area contributed by atoms with Crippen molar-refractivity contribution in [3.8, 4) is 0 Å². The number of carbonyl (C=O) groups is 1. The Bertz CT molecular complexity index is 1040. The van der Waals surface area contributed by atoms with Crippen LogP contribution in [0.2, 0.25) is 0 Å². The highest BCUT2D eigenvalue weighted by atomic mass is 32.2. The lowest BCUT2D eigenvalue weighted by molar-refractivity contribution is -0.131. The number of benzene rings is 2. The zero-order chi connectivity index (χ0) is 17.3. The van der Waals surface area contributed by atoms with Gasteiger partial charge < -0.3 is 5.11 Å². The molecule has 6 heteroatoms. The number of hydrogen-bond acceptors (Lipinski definition) is 3.